The number of carbonyl (C=O) groups excluding carboxylic acids is 2. The first-order valence-corrected chi connectivity index (χ1v) is 5.79. The van der Waals surface area contributed by atoms with E-state index >= 15 is 0 Å². The average molecular weight is 283 g/mol. The Morgan fingerprint density at radius 3 is 2.50 bits per heavy atom. The molecule has 0 aliphatic heterocycles. The summed E-state index contributed by atoms with van der Waals surface area (Å²) in [5.74, 6) is -0.658. The van der Waals surface area contributed by atoms with Gasteiger partial charge in [-0.2, -0.15) is 0 Å². The maximum absolute atomic E-state index is 11.5. The van der Waals surface area contributed by atoms with Gasteiger partial charge in [0.1, 0.15) is 11.2 Å². The number of ether oxygens (including phenoxy) is 2. The molecule has 20 heavy (non-hydrogen) atoms. The number of anilines is 1. The van der Waals surface area contributed by atoms with Gasteiger partial charge in [-0.05, 0) is 20.8 Å². The Hall–Kier alpha value is -2.51. The fourth-order valence-electron chi connectivity index (χ4n) is 1.28. The van der Waals surface area contributed by atoms with Crippen molar-refractivity contribution < 1.29 is 19.1 Å². The second-order valence-corrected chi connectivity index (χ2v) is 4.87. The van der Waals surface area contributed by atoms with Gasteiger partial charge < -0.3 is 14.5 Å². The van der Waals surface area contributed by atoms with Crippen LogP contribution in [0.1, 0.15) is 31.1 Å². The van der Waals surface area contributed by atoms with Crippen molar-refractivity contribution in [2.75, 3.05) is 12.5 Å². The number of H-pyrrole nitrogens is 1. The molecule has 1 amide bonds. The summed E-state index contributed by atoms with van der Waals surface area (Å²) in [6.07, 6.45) is 0.446. The van der Waals surface area contributed by atoms with E-state index in [0.717, 1.165) is 6.07 Å². The smallest absolute Gasteiger partial charge is 0.426 e. The predicted octanol–water partition coefficient (Wildman–Crippen LogP) is 1.01. The van der Waals surface area contributed by atoms with Crippen LogP contribution in [0.4, 0.5) is 10.5 Å². The molecule has 1 heterocycles. The summed E-state index contributed by atoms with van der Waals surface area (Å²) in [4.78, 5) is 36.5. The lowest BCUT2D eigenvalue weighted by Crippen LogP contribution is -2.36. The third-order valence-corrected chi connectivity index (χ3v) is 2.03. The Labute approximate surface area is 115 Å². The molecular formula is C12H17N3O5. The quantitative estimate of drug-likeness (QED) is 0.564. The Balaban J connectivity index is 2.82. The molecule has 1 rings (SSSR count). The zero-order chi connectivity index (χ0) is 15.3. The fourth-order valence-corrected chi connectivity index (χ4v) is 1.28. The molecular weight excluding hydrogens is 266 g/mol. The minimum absolute atomic E-state index is 0.0724. The van der Waals surface area contributed by atoms with Crippen LogP contribution in [0.25, 0.3) is 0 Å². The number of hydrazine groups is 1. The Morgan fingerprint density at radius 2 is 1.95 bits per heavy atom. The van der Waals surface area contributed by atoms with E-state index in [0.29, 0.717) is 0 Å². The maximum Gasteiger partial charge on any atom is 0.426 e. The number of pyridine rings is 1. The van der Waals surface area contributed by atoms with E-state index in [2.05, 4.69) is 20.6 Å². The van der Waals surface area contributed by atoms with E-state index < -0.39 is 23.2 Å². The molecule has 0 spiro atoms. The number of carbonyl (C=O) groups is 2. The number of amides is 1. The van der Waals surface area contributed by atoms with Crippen LogP contribution in [-0.4, -0.2) is 29.8 Å². The molecule has 0 radical (unpaired) electrons. The van der Waals surface area contributed by atoms with Crippen molar-refractivity contribution in [2.45, 2.75) is 26.4 Å². The highest BCUT2D eigenvalue weighted by atomic mass is 16.6. The van der Waals surface area contributed by atoms with Crippen LogP contribution in [-0.2, 0) is 9.47 Å². The highest BCUT2D eigenvalue weighted by Gasteiger charge is 2.17. The second-order valence-electron chi connectivity index (χ2n) is 4.87. The van der Waals surface area contributed by atoms with E-state index in [1.54, 1.807) is 20.8 Å². The minimum atomic E-state index is -0.742. The average Bonchev–Trinajstić information content (AvgIpc) is 2.33. The summed E-state index contributed by atoms with van der Waals surface area (Å²) in [5.41, 5.74) is 3.75. The predicted molar refractivity (Wildman–Crippen MR) is 71.4 cm³/mol. The van der Waals surface area contributed by atoms with Crippen LogP contribution in [0.2, 0.25) is 0 Å². The third-order valence-electron chi connectivity index (χ3n) is 2.03. The SMILES string of the molecule is COC(=O)c1c[nH]c(=O)cc1NNC(=O)OC(C)(C)C. The fraction of sp³-hybridized carbons (Fsp3) is 0.417. The molecule has 3 N–H and O–H groups in total. The summed E-state index contributed by atoms with van der Waals surface area (Å²) >= 11 is 0. The number of aromatic nitrogens is 1. The van der Waals surface area contributed by atoms with E-state index in [-0.39, 0.29) is 11.3 Å². The number of rotatable bonds is 3. The van der Waals surface area contributed by atoms with Crippen molar-refractivity contribution >= 4 is 17.7 Å². The molecule has 0 unspecified atom stereocenters. The van der Waals surface area contributed by atoms with E-state index in [4.69, 9.17) is 4.74 Å². The Kier molecular flexibility index (Phi) is 4.73. The molecule has 110 valence electrons. The van der Waals surface area contributed by atoms with Crippen LogP contribution in [0.3, 0.4) is 0 Å². The van der Waals surface area contributed by atoms with Crippen LogP contribution >= 0.6 is 0 Å². The molecule has 0 aliphatic carbocycles. The topological polar surface area (TPSA) is 110 Å². The molecule has 0 aromatic carbocycles. The maximum atomic E-state index is 11.5. The molecule has 0 bridgehead atoms. The van der Waals surface area contributed by atoms with Gasteiger partial charge in [-0.1, -0.05) is 0 Å². The van der Waals surface area contributed by atoms with Gasteiger partial charge in [0, 0.05) is 12.3 Å². The molecule has 0 saturated heterocycles. The summed E-state index contributed by atoms with van der Waals surface area (Å²) in [6.45, 7) is 5.12. The van der Waals surface area contributed by atoms with Gasteiger partial charge in [0.2, 0.25) is 5.56 Å². The number of hydrogen-bond donors (Lipinski definition) is 3. The molecule has 8 nitrogen and oxygen atoms in total. The third kappa shape index (κ3) is 4.63. The zero-order valence-corrected chi connectivity index (χ0v) is 11.7. The van der Waals surface area contributed by atoms with E-state index in [1.165, 1.54) is 13.3 Å². The van der Waals surface area contributed by atoms with Gasteiger partial charge in [-0.15, -0.1) is 0 Å². The Morgan fingerprint density at radius 1 is 1.30 bits per heavy atom. The van der Waals surface area contributed by atoms with E-state index in [9.17, 15) is 14.4 Å². The van der Waals surface area contributed by atoms with Crippen LogP contribution < -0.4 is 16.4 Å². The van der Waals surface area contributed by atoms with Gasteiger partial charge in [0.05, 0.1) is 12.8 Å². The zero-order valence-electron chi connectivity index (χ0n) is 11.7. The second kappa shape index (κ2) is 6.09. The minimum Gasteiger partial charge on any atom is -0.465 e. The molecule has 0 aliphatic rings. The summed E-state index contributed by atoms with van der Waals surface area (Å²) in [7, 11) is 1.21. The van der Waals surface area contributed by atoms with Crippen molar-refractivity contribution in [3.8, 4) is 0 Å². The van der Waals surface area contributed by atoms with Crippen molar-refractivity contribution in [1.82, 2.24) is 10.4 Å². The van der Waals surface area contributed by atoms with Crippen molar-refractivity contribution in [3.63, 3.8) is 0 Å². The lowest BCUT2D eigenvalue weighted by molar-refractivity contribution is 0.0536. The van der Waals surface area contributed by atoms with Crippen molar-refractivity contribution in [2.24, 2.45) is 0 Å². The first-order chi connectivity index (χ1) is 9.23. The molecule has 1 aromatic heterocycles. The van der Waals surface area contributed by atoms with Gasteiger partial charge >= 0.3 is 12.1 Å². The van der Waals surface area contributed by atoms with E-state index in [1.807, 2.05) is 0 Å². The highest BCUT2D eigenvalue weighted by molar-refractivity contribution is 5.95. The lowest BCUT2D eigenvalue weighted by atomic mass is 10.2. The Bertz CT molecular complexity index is 559. The molecule has 8 heteroatoms. The standard InChI is InChI=1S/C12H17N3O5/c1-12(2,3)20-11(18)15-14-8-5-9(16)13-6-7(8)10(17)19-4/h5-6H,1-4H3,(H,15,18)(H2,13,14,16). The number of aromatic amines is 1. The van der Waals surface area contributed by atoms with Gasteiger partial charge in [0.15, 0.2) is 0 Å². The highest BCUT2D eigenvalue weighted by Crippen LogP contribution is 2.12. The van der Waals surface area contributed by atoms with Gasteiger partial charge in [-0.25, -0.2) is 15.0 Å². The van der Waals surface area contributed by atoms with Crippen molar-refractivity contribution in [1.29, 1.82) is 0 Å². The number of esters is 1. The first-order valence-electron chi connectivity index (χ1n) is 5.79. The number of methoxy groups -OCH3 is 1. The molecule has 0 atom stereocenters. The normalized spacial score (nSPS) is 10.6. The molecule has 1 aromatic rings. The van der Waals surface area contributed by atoms with Crippen LogP contribution in [0.15, 0.2) is 17.1 Å². The van der Waals surface area contributed by atoms with Gasteiger partial charge in [-0.3, -0.25) is 10.2 Å². The summed E-state index contributed by atoms with van der Waals surface area (Å²) in [5, 5.41) is 0. The summed E-state index contributed by atoms with van der Waals surface area (Å²) < 4.78 is 9.56. The monoisotopic (exact) mass is 283 g/mol. The number of hydrogen-bond acceptors (Lipinski definition) is 6. The van der Waals surface area contributed by atoms with Gasteiger partial charge in [0.25, 0.3) is 0 Å². The van der Waals surface area contributed by atoms with Crippen LogP contribution in [0, 0.1) is 0 Å². The largest absolute Gasteiger partial charge is 0.465 e. The summed E-state index contributed by atoms with van der Waals surface area (Å²) in [6, 6.07) is 1.11. The molecule has 0 fully saturated rings. The first kappa shape index (κ1) is 15.5. The number of nitrogens with one attached hydrogen (secondary N) is 3. The lowest BCUT2D eigenvalue weighted by Gasteiger charge is -2.20. The van der Waals surface area contributed by atoms with Crippen LogP contribution in [0.5, 0.6) is 0 Å². The molecule has 0 saturated carbocycles. The van der Waals surface area contributed by atoms with Crippen molar-refractivity contribution in [3.05, 3.63) is 28.2 Å².